The molecule has 0 fully saturated rings. The van der Waals surface area contributed by atoms with Crippen molar-refractivity contribution in [2.24, 2.45) is 0 Å². The molecule has 28 heavy (non-hydrogen) atoms. The molecule has 0 amide bonds. The van der Waals surface area contributed by atoms with E-state index < -0.39 is 0 Å². The molecule has 0 N–H and O–H groups in total. The molecule has 0 aliphatic rings. The van der Waals surface area contributed by atoms with Crippen molar-refractivity contribution < 1.29 is 9.15 Å². The number of hydrogen-bond acceptors (Lipinski definition) is 6. The molecule has 0 unspecified atom stereocenters. The standard InChI is InChI=1S/C21H21N5O2/c1-25(13-16-10-22-21(23-11-16)20-7-4-8-28-20)14-17-12-24-26(15-17)18-5-3-6-19(9-18)27-2/h3-12,15H,13-14H2,1-2H3. The van der Waals surface area contributed by atoms with E-state index in [1.165, 1.54) is 0 Å². The minimum Gasteiger partial charge on any atom is -0.497 e. The average Bonchev–Trinajstić information content (AvgIpc) is 3.41. The van der Waals surface area contributed by atoms with Gasteiger partial charge >= 0.3 is 0 Å². The summed E-state index contributed by atoms with van der Waals surface area (Å²) in [5, 5.41) is 4.46. The summed E-state index contributed by atoms with van der Waals surface area (Å²) >= 11 is 0. The Bertz CT molecular complexity index is 1030. The Labute approximate surface area is 163 Å². The van der Waals surface area contributed by atoms with Crippen LogP contribution in [0.25, 0.3) is 17.3 Å². The minimum atomic E-state index is 0.593. The average molecular weight is 375 g/mol. The number of furan rings is 1. The summed E-state index contributed by atoms with van der Waals surface area (Å²) in [5.41, 5.74) is 3.13. The fourth-order valence-electron chi connectivity index (χ4n) is 2.98. The van der Waals surface area contributed by atoms with Gasteiger partial charge in [-0.1, -0.05) is 6.07 Å². The highest BCUT2D eigenvalue weighted by Gasteiger charge is 2.08. The van der Waals surface area contributed by atoms with Crippen LogP contribution in [0.2, 0.25) is 0 Å². The number of aromatic nitrogens is 4. The summed E-state index contributed by atoms with van der Waals surface area (Å²) in [5.74, 6) is 2.07. The van der Waals surface area contributed by atoms with Gasteiger partial charge in [-0.25, -0.2) is 14.6 Å². The van der Waals surface area contributed by atoms with Crippen molar-refractivity contribution in [3.63, 3.8) is 0 Å². The number of hydrogen-bond donors (Lipinski definition) is 0. The smallest absolute Gasteiger partial charge is 0.195 e. The Hall–Kier alpha value is -3.45. The highest BCUT2D eigenvalue weighted by Crippen LogP contribution is 2.17. The van der Waals surface area contributed by atoms with E-state index >= 15 is 0 Å². The molecule has 3 heterocycles. The first-order valence-corrected chi connectivity index (χ1v) is 8.92. The molecule has 0 atom stereocenters. The maximum atomic E-state index is 5.32. The number of methoxy groups -OCH3 is 1. The third kappa shape index (κ3) is 4.10. The Kier molecular flexibility index (Phi) is 5.16. The summed E-state index contributed by atoms with van der Waals surface area (Å²) in [7, 11) is 3.72. The molecule has 4 aromatic rings. The Morgan fingerprint density at radius 3 is 2.61 bits per heavy atom. The zero-order chi connectivity index (χ0) is 19.3. The van der Waals surface area contributed by atoms with Gasteiger partial charge in [-0.3, -0.25) is 4.90 Å². The summed E-state index contributed by atoms with van der Waals surface area (Å²) in [6.45, 7) is 1.51. The Balaban J connectivity index is 1.39. The molecule has 1 aromatic carbocycles. The molecular weight excluding hydrogens is 354 g/mol. The van der Waals surface area contributed by atoms with Crippen LogP contribution in [0.5, 0.6) is 5.75 Å². The van der Waals surface area contributed by atoms with Crippen LogP contribution in [0.3, 0.4) is 0 Å². The molecule has 0 saturated carbocycles. The lowest BCUT2D eigenvalue weighted by molar-refractivity contribution is 0.318. The van der Waals surface area contributed by atoms with Gasteiger partial charge in [0.2, 0.25) is 0 Å². The van der Waals surface area contributed by atoms with Crippen molar-refractivity contribution in [2.75, 3.05) is 14.2 Å². The lowest BCUT2D eigenvalue weighted by atomic mass is 10.2. The molecule has 3 aromatic heterocycles. The van der Waals surface area contributed by atoms with Crippen molar-refractivity contribution in [2.45, 2.75) is 13.1 Å². The van der Waals surface area contributed by atoms with Gasteiger partial charge in [-0.05, 0) is 31.3 Å². The molecular formula is C21H21N5O2. The number of benzene rings is 1. The van der Waals surface area contributed by atoms with E-state index in [0.717, 1.165) is 35.7 Å². The lowest BCUT2D eigenvalue weighted by Crippen LogP contribution is -2.17. The van der Waals surface area contributed by atoms with Crippen molar-refractivity contribution in [1.82, 2.24) is 24.6 Å². The number of rotatable bonds is 7. The van der Waals surface area contributed by atoms with Crippen LogP contribution < -0.4 is 4.74 Å². The molecule has 0 bridgehead atoms. The number of ether oxygens (including phenoxy) is 1. The maximum Gasteiger partial charge on any atom is 0.195 e. The van der Waals surface area contributed by atoms with E-state index in [4.69, 9.17) is 9.15 Å². The highest BCUT2D eigenvalue weighted by atomic mass is 16.5. The van der Waals surface area contributed by atoms with E-state index in [9.17, 15) is 0 Å². The van der Waals surface area contributed by atoms with Crippen molar-refractivity contribution in [3.8, 4) is 23.0 Å². The summed E-state index contributed by atoms with van der Waals surface area (Å²) in [6, 6.07) is 11.5. The van der Waals surface area contributed by atoms with Crippen LogP contribution in [0.15, 0.2) is 71.9 Å². The predicted octanol–water partition coefficient (Wildman–Crippen LogP) is 3.56. The fraction of sp³-hybridized carbons (Fsp3) is 0.190. The van der Waals surface area contributed by atoms with Crippen molar-refractivity contribution in [1.29, 1.82) is 0 Å². The maximum absolute atomic E-state index is 5.32. The molecule has 0 aliphatic carbocycles. The Morgan fingerprint density at radius 1 is 1.04 bits per heavy atom. The zero-order valence-electron chi connectivity index (χ0n) is 15.8. The first kappa shape index (κ1) is 17.9. The van der Waals surface area contributed by atoms with Gasteiger partial charge in [0.25, 0.3) is 0 Å². The Morgan fingerprint density at radius 2 is 1.86 bits per heavy atom. The molecule has 0 aliphatic heterocycles. The molecule has 4 rings (SSSR count). The van der Waals surface area contributed by atoms with Gasteiger partial charge in [-0.2, -0.15) is 5.10 Å². The van der Waals surface area contributed by atoms with E-state index in [1.807, 2.05) is 65.9 Å². The monoisotopic (exact) mass is 375 g/mol. The summed E-state index contributed by atoms with van der Waals surface area (Å²) < 4.78 is 12.5. The molecule has 0 spiro atoms. The molecule has 142 valence electrons. The lowest BCUT2D eigenvalue weighted by Gasteiger charge is -2.15. The predicted molar refractivity (Wildman–Crippen MR) is 105 cm³/mol. The first-order valence-electron chi connectivity index (χ1n) is 8.92. The third-order valence-corrected chi connectivity index (χ3v) is 4.31. The van der Waals surface area contributed by atoms with Gasteiger partial charge in [0.05, 0.1) is 25.3 Å². The molecule has 0 saturated heterocycles. The molecule has 7 heteroatoms. The first-order chi connectivity index (χ1) is 13.7. The zero-order valence-corrected chi connectivity index (χ0v) is 15.8. The van der Waals surface area contributed by atoms with Crippen molar-refractivity contribution in [3.05, 3.63) is 78.6 Å². The van der Waals surface area contributed by atoms with Crippen molar-refractivity contribution >= 4 is 0 Å². The topological polar surface area (TPSA) is 69.2 Å². The van der Waals surface area contributed by atoms with E-state index in [1.54, 1.807) is 13.4 Å². The van der Waals surface area contributed by atoms with Crippen LogP contribution in [0, 0.1) is 0 Å². The second-order valence-corrected chi connectivity index (χ2v) is 6.56. The molecule has 0 radical (unpaired) electrons. The van der Waals surface area contributed by atoms with Gasteiger partial charge in [-0.15, -0.1) is 0 Å². The third-order valence-electron chi connectivity index (χ3n) is 4.31. The van der Waals surface area contributed by atoms with Gasteiger partial charge < -0.3 is 9.15 Å². The SMILES string of the molecule is COc1cccc(-n2cc(CN(C)Cc3cnc(-c4ccco4)nc3)cn2)c1. The number of nitrogens with zero attached hydrogens (tertiary/aromatic N) is 5. The van der Waals surface area contributed by atoms with E-state index in [2.05, 4.69) is 27.0 Å². The van der Waals surface area contributed by atoms with Gasteiger partial charge in [0.15, 0.2) is 11.6 Å². The normalized spacial score (nSPS) is 11.1. The van der Waals surface area contributed by atoms with Crippen LogP contribution >= 0.6 is 0 Å². The fourth-order valence-corrected chi connectivity index (χ4v) is 2.98. The summed E-state index contributed by atoms with van der Waals surface area (Å²) in [4.78, 5) is 11.0. The van der Waals surface area contributed by atoms with E-state index in [-0.39, 0.29) is 0 Å². The van der Waals surface area contributed by atoms with Gasteiger partial charge in [0.1, 0.15) is 5.75 Å². The van der Waals surface area contributed by atoms with Crippen LogP contribution in [-0.4, -0.2) is 38.8 Å². The van der Waals surface area contributed by atoms with Crippen LogP contribution in [-0.2, 0) is 13.1 Å². The van der Waals surface area contributed by atoms with E-state index in [0.29, 0.717) is 11.6 Å². The van der Waals surface area contributed by atoms with Gasteiger partial charge in [0, 0.05) is 48.9 Å². The van der Waals surface area contributed by atoms with Crippen LogP contribution in [0.1, 0.15) is 11.1 Å². The quantitative estimate of drug-likeness (QED) is 0.492. The second kappa shape index (κ2) is 8.06. The molecule has 7 nitrogen and oxygen atoms in total. The minimum absolute atomic E-state index is 0.593. The highest BCUT2D eigenvalue weighted by molar-refractivity contribution is 5.45. The van der Waals surface area contributed by atoms with Crippen LogP contribution in [0.4, 0.5) is 0 Å². The largest absolute Gasteiger partial charge is 0.497 e. The second-order valence-electron chi connectivity index (χ2n) is 6.56. The summed E-state index contributed by atoms with van der Waals surface area (Å²) in [6.07, 6.45) is 9.20.